The highest BCUT2D eigenvalue weighted by atomic mass is 16.7. The number of hydrogen-bond acceptors (Lipinski definition) is 10. The summed E-state index contributed by atoms with van der Waals surface area (Å²) in [6.45, 7) is 4.20. The standard InChI is InChI=1S/C56H101NO10/c1-3-5-7-9-11-13-14-15-16-17-18-21-24-28-32-36-40-44-52(61)65-45-41-37-33-29-25-22-19-20-23-27-31-35-39-43-51(60)57-48(49(59)42-38-34-30-26-12-10-8-6-4-2)47-66-56-55(64)54(63)53(62)50(46-58)67-56/h11,13,15-16,20,23,38,42,48-50,53-56,58-59,62-64H,3-10,12,14,17-19,21-22,24-37,39-41,43-47H2,1-2H3,(H,57,60)/b13-11-,16-15-,23-20-,42-38+. The van der Waals surface area contributed by atoms with Crippen LogP contribution in [0.15, 0.2) is 48.6 Å². The van der Waals surface area contributed by atoms with Crippen molar-refractivity contribution in [2.75, 3.05) is 19.8 Å². The summed E-state index contributed by atoms with van der Waals surface area (Å²) >= 11 is 0. The number of carbonyl (C=O) groups is 2. The molecule has 1 rings (SSSR count). The third-order valence-electron chi connectivity index (χ3n) is 12.7. The van der Waals surface area contributed by atoms with E-state index in [0.717, 1.165) is 77.0 Å². The average Bonchev–Trinajstić information content (AvgIpc) is 3.32. The highest BCUT2D eigenvalue weighted by Crippen LogP contribution is 2.23. The van der Waals surface area contributed by atoms with Crippen molar-refractivity contribution in [3.8, 4) is 0 Å². The van der Waals surface area contributed by atoms with Gasteiger partial charge < -0.3 is 45.1 Å². The number of aliphatic hydroxyl groups excluding tert-OH is 5. The van der Waals surface area contributed by atoms with Gasteiger partial charge >= 0.3 is 5.97 Å². The van der Waals surface area contributed by atoms with Gasteiger partial charge in [0.25, 0.3) is 0 Å². The number of hydrogen-bond donors (Lipinski definition) is 6. The van der Waals surface area contributed by atoms with Crippen LogP contribution in [-0.2, 0) is 23.8 Å². The minimum atomic E-state index is -1.58. The summed E-state index contributed by atoms with van der Waals surface area (Å²) in [5.74, 6) is -0.259. The lowest BCUT2D eigenvalue weighted by molar-refractivity contribution is -0.302. The van der Waals surface area contributed by atoms with E-state index >= 15 is 0 Å². The number of unbranched alkanes of at least 4 members (excludes halogenated alkanes) is 26. The number of esters is 1. The Balaban J connectivity index is 2.11. The molecule has 1 saturated heterocycles. The Bertz CT molecular complexity index is 1250. The fourth-order valence-corrected chi connectivity index (χ4v) is 8.22. The molecule has 1 aliphatic heterocycles. The number of allylic oxidation sites excluding steroid dienone is 7. The summed E-state index contributed by atoms with van der Waals surface area (Å²) < 4.78 is 16.6. The molecule has 6 N–H and O–H groups in total. The normalized spacial score (nSPS) is 19.9. The first-order valence-electron chi connectivity index (χ1n) is 27.4. The second-order valence-corrected chi connectivity index (χ2v) is 18.9. The van der Waals surface area contributed by atoms with Crippen LogP contribution in [0.1, 0.15) is 232 Å². The summed E-state index contributed by atoms with van der Waals surface area (Å²) in [7, 11) is 0. The third kappa shape index (κ3) is 36.3. The summed E-state index contributed by atoms with van der Waals surface area (Å²) in [5.41, 5.74) is 0. The van der Waals surface area contributed by atoms with Crippen LogP contribution in [0.3, 0.4) is 0 Å². The third-order valence-corrected chi connectivity index (χ3v) is 12.7. The van der Waals surface area contributed by atoms with Crippen LogP contribution in [0.5, 0.6) is 0 Å². The lowest BCUT2D eigenvalue weighted by Gasteiger charge is -2.40. The molecule has 0 aliphatic carbocycles. The Morgan fingerprint density at radius 3 is 1.57 bits per heavy atom. The first-order valence-corrected chi connectivity index (χ1v) is 27.4. The summed E-state index contributed by atoms with van der Waals surface area (Å²) in [6.07, 6.45) is 46.3. The van der Waals surface area contributed by atoms with Gasteiger partial charge in [0, 0.05) is 12.8 Å². The highest BCUT2D eigenvalue weighted by Gasteiger charge is 2.44. The lowest BCUT2D eigenvalue weighted by atomic mass is 9.99. The van der Waals surface area contributed by atoms with Crippen LogP contribution in [-0.4, -0.2) is 100 Å². The van der Waals surface area contributed by atoms with E-state index in [2.05, 4.69) is 55.6 Å². The highest BCUT2D eigenvalue weighted by molar-refractivity contribution is 5.76. The maximum atomic E-state index is 13.0. The van der Waals surface area contributed by atoms with Gasteiger partial charge in [0.2, 0.25) is 5.91 Å². The minimum absolute atomic E-state index is 0.0437. The van der Waals surface area contributed by atoms with Crippen molar-refractivity contribution in [2.24, 2.45) is 0 Å². The van der Waals surface area contributed by atoms with E-state index in [4.69, 9.17) is 14.2 Å². The lowest BCUT2D eigenvalue weighted by Crippen LogP contribution is -2.60. The van der Waals surface area contributed by atoms with Crippen molar-refractivity contribution in [3.05, 3.63) is 48.6 Å². The Labute approximate surface area is 408 Å². The van der Waals surface area contributed by atoms with Gasteiger partial charge in [0.1, 0.15) is 24.4 Å². The molecule has 67 heavy (non-hydrogen) atoms. The van der Waals surface area contributed by atoms with E-state index in [9.17, 15) is 35.1 Å². The summed E-state index contributed by atoms with van der Waals surface area (Å²) in [5, 5.41) is 54.1. The Morgan fingerprint density at radius 2 is 1.00 bits per heavy atom. The molecular formula is C56H101NO10. The van der Waals surface area contributed by atoms with Gasteiger partial charge in [-0.25, -0.2) is 0 Å². The molecule has 390 valence electrons. The van der Waals surface area contributed by atoms with Gasteiger partial charge in [-0.2, -0.15) is 0 Å². The van der Waals surface area contributed by atoms with E-state index in [1.165, 1.54) is 122 Å². The number of amides is 1. The SMILES string of the molecule is CCCCC/C=C\C/C=C\CCCCCCCCCC(=O)OCCCCCCCC/C=C\CCCCCC(=O)NC(COC1OC(CO)C(O)C(O)C1O)C(O)/C=C/CCCCCCCCC. The molecule has 1 heterocycles. The van der Waals surface area contributed by atoms with Crippen LogP contribution in [0.4, 0.5) is 0 Å². The van der Waals surface area contributed by atoms with Gasteiger partial charge in [-0.15, -0.1) is 0 Å². The molecule has 7 atom stereocenters. The fraction of sp³-hybridized carbons (Fsp3) is 0.821. The molecule has 0 spiro atoms. The quantitative estimate of drug-likeness (QED) is 0.0196. The maximum Gasteiger partial charge on any atom is 0.305 e. The Morgan fingerprint density at radius 1 is 0.552 bits per heavy atom. The van der Waals surface area contributed by atoms with E-state index in [1.807, 2.05) is 6.08 Å². The molecule has 11 nitrogen and oxygen atoms in total. The van der Waals surface area contributed by atoms with Crippen LogP contribution < -0.4 is 5.32 Å². The number of carbonyl (C=O) groups excluding carboxylic acids is 2. The zero-order valence-electron chi connectivity index (χ0n) is 42.6. The molecule has 7 unspecified atom stereocenters. The zero-order valence-corrected chi connectivity index (χ0v) is 42.6. The van der Waals surface area contributed by atoms with Gasteiger partial charge in [-0.05, 0) is 89.9 Å². The van der Waals surface area contributed by atoms with Gasteiger partial charge in [0.15, 0.2) is 6.29 Å². The topological polar surface area (TPSA) is 175 Å². The van der Waals surface area contributed by atoms with E-state index in [-0.39, 0.29) is 18.5 Å². The van der Waals surface area contributed by atoms with E-state index in [1.54, 1.807) is 6.08 Å². The Hall–Kier alpha value is -2.38. The minimum Gasteiger partial charge on any atom is -0.466 e. The van der Waals surface area contributed by atoms with Gasteiger partial charge in [-0.1, -0.05) is 178 Å². The van der Waals surface area contributed by atoms with Crippen molar-refractivity contribution in [1.29, 1.82) is 0 Å². The number of aliphatic hydroxyl groups is 5. The van der Waals surface area contributed by atoms with Crippen molar-refractivity contribution in [3.63, 3.8) is 0 Å². The first kappa shape index (κ1) is 62.6. The maximum absolute atomic E-state index is 13.0. The van der Waals surface area contributed by atoms with Crippen molar-refractivity contribution < 1.29 is 49.3 Å². The fourth-order valence-electron chi connectivity index (χ4n) is 8.22. The van der Waals surface area contributed by atoms with Gasteiger partial charge in [0.05, 0.1) is 32.0 Å². The van der Waals surface area contributed by atoms with Crippen LogP contribution in [0.25, 0.3) is 0 Å². The molecule has 1 fully saturated rings. The molecule has 0 bridgehead atoms. The molecular weight excluding hydrogens is 847 g/mol. The smallest absolute Gasteiger partial charge is 0.305 e. The molecule has 0 radical (unpaired) electrons. The second-order valence-electron chi connectivity index (χ2n) is 18.9. The molecule has 0 aromatic heterocycles. The number of rotatable bonds is 46. The molecule has 11 heteroatoms. The van der Waals surface area contributed by atoms with Gasteiger partial charge in [-0.3, -0.25) is 9.59 Å². The predicted octanol–water partition coefficient (Wildman–Crippen LogP) is 11.7. The average molecular weight is 948 g/mol. The van der Waals surface area contributed by atoms with E-state index < -0.39 is 49.5 Å². The monoisotopic (exact) mass is 948 g/mol. The number of nitrogens with one attached hydrogen (secondary N) is 1. The first-order chi connectivity index (χ1) is 32.7. The molecule has 1 amide bonds. The largest absolute Gasteiger partial charge is 0.466 e. The van der Waals surface area contributed by atoms with Crippen LogP contribution >= 0.6 is 0 Å². The second kappa shape index (κ2) is 46.0. The number of ether oxygens (including phenoxy) is 3. The summed E-state index contributed by atoms with van der Waals surface area (Å²) in [6, 6.07) is -0.830. The molecule has 0 saturated carbocycles. The van der Waals surface area contributed by atoms with Crippen molar-refractivity contribution in [2.45, 2.75) is 275 Å². The Kier molecular flexibility index (Phi) is 43.0. The van der Waals surface area contributed by atoms with Crippen molar-refractivity contribution >= 4 is 11.9 Å². The molecule has 0 aromatic rings. The van der Waals surface area contributed by atoms with E-state index in [0.29, 0.717) is 25.9 Å². The van der Waals surface area contributed by atoms with Crippen molar-refractivity contribution in [1.82, 2.24) is 5.32 Å². The summed E-state index contributed by atoms with van der Waals surface area (Å²) in [4.78, 5) is 25.0. The molecule has 0 aromatic carbocycles. The molecule has 1 aliphatic rings. The van der Waals surface area contributed by atoms with Crippen LogP contribution in [0, 0.1) is 0 Å². The van der Waals surface area contributed by atoms with Crippen LogP contribution in [0.2, 0.25) is 0 Å². The predicted molar refractivity (Wildman–Crippen MR) is 274 cm³/mol. The zero-order chi connectivity index (χ0) is 48.8.